The second-order valence-electron chi connectivity index (χ2n) is 17.2. The number of carbonyl (C=O) groups excluding carboxylic acids is 2. The predicted octanol–water partition coefficient (Wildman–Crippen LogP) is 9.19. The van der Waals surface area contributed by atoms with Crippen molar-refractivity contribution in [2.75, 3.05) is 45.4 Å². The number of thiophene rings is 1. The van der Waals surface area contributed by atoms with E-state index >= 15 is 0 Å². The third-order valence-electron chi connectivity index (χ3n) is 11.3. The van der Waals surface area contributed by atoms with Gasteiger partial charge in [-0.15, -0.1) is 11.3 Å². The van der Waals surface area contributed by atoms with Crippen LogP contribution < -0.4 is 34.6 Å². The standard InChI is InChI=1S/C27H27ClN4O4S.C23H26N4O3S2/c1-17-15-32(16-18(2)30-17)20-7-12-23(19(3)33)26(13-20)31-37(34,35)22-10-8-21(9-11-22)36-27-6-4-5-25(28)24(27)14-29;1-15-13-27(14-16(2)25-15)18-7-8-19(17(3)28)21(12-18)26-32(29,30)23-10-9-22(31-23)20-6-4-5-11-24-20/h4-13,17-18,30-31H,15-16H2,1-3H3;4-12,15-16,25-26H,13-14H2,1-3H3/t17-,18+;15-,16+. The van der Waals surface area contributed by atoms with Crippen LogP contribution in [0.25, 0.3) is 10.6 Å². The zero-order valence-corrected chi connectivity index (χ0v) is 42.1. The van der Waals surface area contributed by atoms with Crippen LogP contribution in [-0.4, -0.2) is 83.7 Å². The molecule has 2 fully saturated rings. The molecule has 6 aromatic rings. The molecule has 4 aromatic carbocycles. The van der Waals surface area contributed by atoms with Gasteiger partial charge in [-0.1, -0.05) is 23.7 Å². The maximum atomic E-state index is 13.2. The van der Waals surface area contributed by atoms with Gasteiger partial charge in [0, 0.05) is 79.0 Å². The Bertz CT molecular complexity index is 3090. The van der Waals surface area contributed by atoms with Crippen LogP contribution in [0.15, 0.2) is 124 Å². The van der Waals surface area contributed by atoms with E-state index in [0.717, 1.165) is 53.8 Å². The number of halogens is 1. The number of ketones is 2. The highest BCUT2D eigenvalue weighted by Crippen LogP contribution is 2.34. The Kier molecular flexibility index (Phi) is 15.8. The Labute approximate surface area is 412 Å². The molecule has 15 nitrogen and oxygen atoms in total. The molecule has 0 saturated carbocycles. The lowest BCUT2D eigenvalue weighted by Gasteiger charge is -2.38. The number of sulfonamides is 2. The van der Waals surface area contributed by atoms with Crippen LogP contribution in [0.5, 0.6) is 11.5 Å². The average Bonchev–Trinajstić information content (AvgIpc) is 3.81. The van der Waals surface area contributed by atoms with Crippen molar-refractivity contribution in [1.29, 1.82) is 5.26 Å². The zero-order chi connectivity index (χ0) is 49.6. The van der Waals surface area contributed by atoms with Crippen molar-refractivity contribution in [3.63, 3.8) is 0 Å². The Morgan fingerprint density at radius 2 is 1.25 bits per heavy atom. The van der Waals surface area contributed by atoms with Crippen molar-refractivity contribution in [2.45, 2.75) is 74.8 Å². The van der Waals surface area contributed by atoms with Gasteiger partial charge in [0.1, 0.15) is 27.3 Å². The Morgan fingerprint density at radius 3 is 1.74 bits per heavy atom. The van der Waals surface area contributed by atoms with E-state index in [1.165, 1.54) is 38.1 Å². The maximum Gasteiger partial charge on any atom is 0.271 e. The Hall–Kier alpha value is -6.33. The lowest BCUT2D eigenvalue weighted by molar-refractivity contribution is 0.101. The second-order valence-corrected chi connectivity index (χ2v) is 22.2. The number of nitrogens with zero attached hydrogens (tertiary/aromatic N) is 4. The van der Waals surface area contributed by atoms with Gasteiger partial charge in [0.2, 0.25) is 0 Å². The summed E-state index contributed by atoms with van der Waals surface area (Å²) in [5.41, 5.74) is 3.77. The summed E-state index contributed by atoms with van der Waals surface area (Å²) in [6, 6.07) is 33.1. The van der Waals surface area contributed by atoms with Gasteiger partial charge in [-0.3, -0.25) is 24.0 Å². The predicted molar refractivity (Wildman–Crippen MR) is 273 cm³/mol. The number of carbonyl (C=O) groups is 2. The highest BCUT2D eigenvalue weighted by molar-refractivity contribution is 7.94. The fraction of sp³-hybridized carbons (Fsp3) is 0.280. The van der Waals surface area contributed by atoms with Gasteiger partial charge in [-0.05, 0) is 139 Å². The topological polar surface area (TPSA) is 203 Å². The number of hydrogen-bond donors (Lipinski definition) is 4. The number of hydrogen-bond acceptors (Lipinski definition) is 14. The van der Waals surface area contributed by atoms with E-state index in [4.69, 9.17) is 16.3 Å². The maximum absolute atomic E-state index is 13.2. The third kappa shape index (κ3) is 12.5. The molecule has 0 bridgehead atoms. The molecule has 2 aliphatic heterocycles. The summed E-state index contributed by atoms with van der Waals surface area (Å²) in [7, 11) is -7.88. The van der Waals surface area contributed by atoms with Crippen molar-refractivity contribution in [2.24, 2.45) is 0 Å². The first-order valence-corrected chi connectivity index (χ1v) is 26.3. The molecule has 0 aliphatic carbocycles. The number of piperazine rings is 2. The summed E-state index contributed by atoms with van der Waals surface area (Å²) in [5.74, 6) is 0.163. The van der Waals surface area contributed by atoms with Gasteiger partial charge in [-0.25, -0.2) is 16.8 Å². The Morgan fingerprint density at radius 1 is 0.710 bits per heavy atom. The third-order valence-corrected chi connectivity index (χ3v) is 16.0. The molecule has 360 valence electrons. The van der Waals surface area contributed by atoms with E-state index in [1.54, 1.807) is 60.8 Å². The van der Waals surface area contributed by atoms with Gasteiger partial charge < -0.3 is 25.2 Å². The van der Waals surface area contributed by atoms with Crippen LogP contribution in [0.2, 0.25) is 5.02 Å². The number of ether oxygens (including phenoxy) is 1. The van der Waals surface area contributed by atoms with Gasteiger partial charge in [0.05, 0.1) is 31.9 Å². The number of pyridine rings is 1. The Balaban J connectivity index is 0.000000206. The normalized spacial score (nSPS) is 18.3. The lowest BCUT2D eigenvalue weighted by Crippen LogP contribution is -2.54. The number of nitriles is 1. The van der Waals surface area contributed by atoms with Crippen LogP contribution in [0.1, 0.15) is 67.8 Å². The quantitative estimate of drug-likeness (QED) is 0.0799. The van der Waals surface area contributed by atoms with Crippen LogP contribution >= 0.6 is 22.9 Å². The van der Waals surface area contributed by atoms with Gasteiger partial charge in [-0.2, -0.15) is 5.26 Å². The highest BCUT2D eigenvalue weighted by Gasteiger charge is 2.26. The summed E-state index contributed by atoms with van der Waals surface area (Å²) >= 11 is 7.19. The van der Waals surface area contributed by atoms with E-state index in [-0.39, 0.29) is 60.3 Å². The number of anilines is 4. The number of benzene rings is 4. The number of aromatic nitrogens is 1. The summed E-state index contributed by atoms with van der Waals surface area (Å²) in [4.78, 5) is 33.9. The molecule has 0 unspecified atom stereocenters. The van der Waals surface area contributed by atoms with Crippen molar-refractivity contribution in [3.05, 3.63) is 137 Å². The summed E-state index contributed by atoms with van der Waals surface area (Å²) in [6.07, 6.45) is 1.67. The number of nitrogens with one attached hydrogen (secondary N) is 4. The van der Waals surface area contributed by atoms with E-state index in [0.29, 0.717) is 34.8 Å². The molecule has 8 rings (SSSR count). The minimum atomic E-state index is -4.01. The summed E-state index contributed by atoms with van der Waals surface area (Å²) in [6.45, 7) is 14.4. The van der Waals surface area contributed by atoms with Crippen LogP contribution in [-0.2, 0) is 20.0 Å². The van der Waals surface area contributed by atoms with Crippen LogP contribution in [0, 0.1) is 11.3 Å². The highest BCUT2D eigenvalue weighted by atomic mass is 35.5. The van der Waals surface area contributed by atoms with Crippen molar-refractivity contribution >= 4 is 77.3 Å². The van der Waals surface area contributed by atoms with Crippen molar-refractivity contribution in [1.82, 2.24) is 15.6 Å². The first-order chi connectivity index (χ1) is 32.8. The minimum Gasteiger partial charge on any atom is -0.456 e. The molecule has 4 atom stereocenters. The molecule has 2 aliphatic rings. The second kappa shape index (κ2) is 21.5. The van der Waals surface area contributed by atoms with Gasteiger partial charge in [0.25, 0.3) is 20.0 Å². The first kappa shape index (κ1) is 50.5. The SMILES string of the molecule is CC(=O)c1ccc(N2C[C@@H](C)N[C@@H](C)C2)cc1NS(=O)(=O)c1ccc(-c2ccccn2)s1.CC(=O)c1ccc(N2C[C@@H](C)N[C@@H](C)C2)cc1NS(=O)(=O)c1ccc(Oc2cccc(Cl)c2C#N)cc1. The first-order valence-electron chi connectivity index (χ1n) is 22.2. The van der Waals surface area contributed by atoms with E-state index in [1.807, 2.05) is 36.4 Å². The molecular formula is C50H53ClN8O7S3. The summed E-state index contributed by atoms with van der Waals surface area (Å²) in [5, 5.41) is 16.5. The smallest absolute Gasteiger partial charge is 0.271 e. The molecule has 19 heteroatoms. The lowest BCUT2D eigenvalue weighted by atomic mass is 10.1. The number of Topliss-reactive ketones (excluding diaryl/α,β-unsaturated/α-hetero) is 2. The van der Waals surface area contributed by atoms with Crippen LogP contribution in [0.4, 0.5) is 22.7 Å². The van der Waals surface area contributed by atoms with Gasteiger partial charge >= 0.3 is 0 Å². The number of rotatable bonds is 13. The minimum absolute atomic E-state index is 0.00391. The van der Waals surface area contributed by atoms with Crippen molar-refractivity contribution < 1.29 is 31.2 Å². The fourth-order valence-corrected chi connectivity index (χ4v) is 12.0. The molecule has 0 spiro atoms. The molecule has 2 aromatic heterocycles. The summed E-state index contributed by atoms with van der Waals surface area (Å²) < 4.78 is 63.9. The fourth-order valence-electron chi connectivity index (χ4n) is 8.34. The molecule has 2 saturated heterocycles. The van der Waals surface area contributed by atoms with Crippen LogP contribution in [0.3, 0.4) is 0 Å². The zero-order valence-electron chi connectivity index (χ0n) is 38.9. The largest absolute Gasteiger partial charge is 0.456 e. The molecule has 69 heavy (non-hydrogen) atoms. The molecule has 0 amide bonds. The molecule has 4 N–H and O–H groups in total. The molecular weight excluding hydrogens is 956 g/mol. The van der Waals surface area contributed by atoms with E-state index < -0.39 is 20.0 Å². The molecule has 4 heterocycles. The average molecular weight is 1010 g/mol. The molecule has 0 radical (unpaired) electrons. The van der Waals surface area contributed by atoms with Crippen molar-refractivity contribution in [3.8, 4) is 28.1 Å². The van der Waals surface area contributed by atoms with E-state index in [9.17, 15) is 31.7 Å². The van der Waals surface area contributed by atoms with E-state index in [2.05, 4.69) is 62.6 Å². The monoisotopic (exact) mass is 1010 g/mol. The van der Waals surface area contributed by atoms with Gasteiger partial charge in [0.15, 0.2) is 11.6 Å².